The lowest BCUT2D eigenvalue weighted by Crippen LogP contribution is -2.33. The predicted molar refractivity (Wildman–Crippen MR) is 81.1 cm³/mol. The highest BCUT2D eigenvalue weighted by Crippen LogP contribution is 2.32. The maximum Gasteiger partial charge on any atom is 0.416 e. The molecule has 0 saturated carbocycles. The molecule has 0 unspecified atom stereocenters. The van der Waals surface area contributed by atoms with E-state index in [1.165, 1.54) is 12.1 Å². The van der Waals surface area contributed by atoms with Crippen LogP contribution in [-0.2, 0) is 27.0 Å². The first-order valence-electron chi connectivity index (χ1n) is 7.59. The van der Waals surface area contributed by atoms with Gasteiger partial charge in [-0.25, -0.2) is 0 Å². The highest BCUT2D eigenvalue weighted by molar-refractivity contribution is 5.29. The molecule has 0 radical (unpaired) electrons. The summed E-state index contributed by atoms with van der Waals surface area (Å²) in [5.74, 6) is 0. The van der Waals surface area contributed by atoms with Crippen molar-refractivity contribution in [3.63, 3.8) is 0 Å². The summed E-state index contributed by atoms with van der Waals surface area (Å²) in [7, 11) is 0. The molecule has 0 spiro atoms. The summed E-state index contributed by atoms with van der Waals surface area (Å²) in [4.78, 5) is 0. The fraction of sp³-hybridized carbons (Fsp3) is 0.333. The van der Waals surface area contributed by atoms with Gasteiger partial charge in [0.15, 0.2) is 6.29 Å². The molecule has 0 N–H and O–H groups in total. The zero-order valence-corrected chi connectivity index (χ0v) is 12.8. The molecule has 2 aromatic rings. The second-order valence-electron chi connectivity index (χ2n) is 5.50. The van der Waals surface area contributed by atoms with Crippen LogP contribution in [0.4, 0.5) is 13.2 Å². The van der Waals surface area contributed by atoms with Gasteiger partial charge in [-0.3, -0.25) is 0 Å². The van der Waals surface area contributed by atoms with Gasteiger partial charge in [-0.05, 0) is 11.6 Å². The Labute approximate surface area is 138 Å². The molecule has 24 heavy (non-hydrogen) atoms. The molecule has 1 saturated heterocycles. The monoisotopic (exact) mass is 338 g/mol. The van der Waals surface area contributed by atoms with E-state index in [-0.39, 0.29) is 25.4 Å². The second-order valence-corrected chi connectivity index (χ2v) is 5.50. The molecule has 1 fully saturated rings. The maximum absolute atomic E-state index is 12.9. The topological polar surface area (TPSA) is 27.7 Å². The van der Waals surface area contributed by atoms with Gasteiger partial charge < -0.3 is 14.2 Å². The average molecular weight is 338 g/mol. The Hall–Kier alpha value is -1.89. The van der Waals surface area contributed by atoms with E-state index < -0.39 is 24.1 Å². The van der Waals surface area contributed by atoms with E-state index in [9.17, 15) is 13.2 Å². The zero-order chi connectivity index (χ0) is 17.0. The van der Waals surface area contributed by atoms with Gasteiger partial charge in [0.1, 0.15) is 6.10 Å². The van der Waals surface area contributed by atoms with E-state index in [1.54, 1.807) is 6.07 Å². The van der Waals surface area contributed by atoms with Gasteiger partial charge in [0.25, 0.3) is 0 Å². The predicted octanol–water partition coefficient (Wildman–Crippen LogP) is 4.34. The summed E-state index contributed by atoms with van der Waals surface area (Å²) in [6, 6.07) is 14.9. The Morgan fingerprint density at radius 2 is 1.54 bits per heavy atom. The molecule has 0 amide bonds. The fourth-order valence-corrected chi connectivity index (χ4v) is 2.51. The van der Waals surface area contributed by atoms with Gasteiger partial charge in [-0.1, -0.05) is 48.5 Å². The molecular formula is C18H17F3O3. The first-order chi connectivity index (χ1) is 11.5. The minimum Gasteiger partial charge on any atom is -0.369 e. The van der Waals surface area contributed by atoms with E-state index in [0.717, 1.165) is 11.6 Å². The highest BCUT2D eigenvalue weighted by atomic mass is 19.4. The van der Waals surface area contributed by atoms with Gasteiger partial charge >= 0.3 is 6.18 Å². The molecule has 0 aromatic heterocycles. The number of hydrogen-bond acceptors (Lipinski definition) is 3. The van der Waals surface area contributed by atoms with Crippen molar-refractivity contribution in [2.75, 3.05) is 13.2 Å². The van der Waals surface area contributed by atoms with Crippen molar-refractivity contribution in [1.29, 1.82) is 0 Å². The van der Waals surface area contributed by atoms with Crippen molar-refractivity contribution in [2.45, 2.75) is 25.2 Å². The highest BCUT2D eigenvalue weighted by Gasteiger charge is 2.33. The van der Waals surface area contributed by atoms with E-state index >= 15 is 0 Å². The summed E-state index contributed by atoms with van der Waals surface area (Å²) in [5, 5.41) is 0. The molecule has 1 heterocycles. The van der Waals surface area contributed by atoms with Gasteiger partial charge in [-0.15, -0.1) is 0 Å². The Morgan fingerprint density at radius 3 is 2.21 bits per heavy atom. The third-order valence-electron chi connectivity index (χ3n) is 3.74. The van der Waals surface area contributed by atoms with Crippen LogP contribution in [-0.4, -0.2) is 19.3 Å². The number of alkyl halides is 3. The maximum atomic E-state index is 12.9. The van der Waals surface area contributed by atoms with Crippen LogP contribution < -0.4 is 0 Å². The molecule has 3 rings (SSSR count). The Balaban J connectivity index is 1.55. The van der Waals surface area contributed by atoms with Crippen molar-refractivity contribution < 1.29 is 27.4 Å². The summed E-state index contributed by atoms with van der Waals surface area (Å²) in [6.07, 6.45) is -5.25. The Morgan fingerprint density at radius 1 is 0.917 bits per heavy atom. The molecule has 0 aliphatic carbocycles. The standard InChI is InChI=1S/C18H17F3O3/c19-18(20,21)16-9-5-4-8-14(16)10-22-15-11-23-17(24-12-15)13-6-2-1-3-7-13/h1-9,15,17H,10-12H2. The van der Waals surface area contributed by atoms with Gasteiger partial charge in [0.05, 0.1) is 25.4 Å². The molecule has 1 aliphatic heterocycles. The van der Waals surface area contributed by atoms with Crippen LogP contribution in [0.15, 0.2) is 54.6 Å². The van der Waals surface area contributed by atoms with Gasteiger partial charge in [-0.2, -0.15) is 13.2 Å². The Kier molecular flexibility index (Phi) is 5.18. The van der Waals surface area contributed by atoms with Crippen molar-refractivity contribution in [3.8, 4) is 0 Å². The lowest BCUT2D eigenvalue weighted by Gasteiger charge is -2.29. The summed E-state index contributed by atoms with van der Waals surface area (Å²) >= 11 is 0. The normalized spacial score (nSPS) is 21.6. The molecule has 6 heteroatoms. The van der Waals surface area contributed by atoms with Crippen LogP contribution in [0, 0.1) is 0 Å². The number of hydrogen-bond donors (Lipinski definition) is 0. The number of halogens is 3. The third-order valence-corrected chi connectivity index (χ3v) is 3.74. The van der Waals surface area contributed by atoms with Crippen molar-refractivity contribution in [1.82, 2.24) is 0 Å². The van der Waals surface area contributed by atoms with E-state index in [4.69, 9.17) is 14.2 Å². The molecular weight excluding hydrogens is 321 g/mol. The van der Waals surface area contributed by atoms with Crippen LogP contribution in [0.3, 0.4) is 0 Å². The lowest BCUT2D eigenvalue weighted by atomic mass is 10.1. The zero-order valence-electron chi connectivity index (χ0n) is 12.8. The van der Waals surface area contributed by atoms with Crippen LogP contribution in [0.5, 0.6) is 0 Å². The van der Waals surface area contributed by atoms with Crippen LogP contribution in [0.25, 0.3) is 0 Å². The quantitative estimate of drug-likeness (QED) is 0.830. The van der Waals surface area contributed by atoms with Crippen molar-refractivity contribution in [3.05, 3.63) is 71.3 Å². The van der Waals surface area contributed by atoms with Crippen molar-refractivity contribution in [2.24, 2.45) is 0 Å². The van der Waals surface area contributed by atoms with Crippen molar-refractivity contribution >= 4 is 0 Å². The minimum absolute atomic E-state index is 0.107. The minimum atomic E-state index is -4.39. The largest absolute Gasteiger partial charge is 0.416 e. The fourth-order valence-electron chi connectivity index (χ4n) is 2.51. The summed E-state index contributed by atoms with van der Waals surface area (Å²) < 4.78 is 55.6. The molecule has 128 valence electrons. The van der Waals surface area contributed by atoms with Gasteiger partial charge in [0.2, 0.25) is 0 Å². The molecule has 2 aromatic carbocycles. The molecule has 1 aliphatic rings. The summed E-state index contributed by atoms with van der Waals surface area (Å²) in [6.45, 7) is 0.407. The Bertz CT molecular complexity index is 650. The smallest absolute Gasteiger partial charge is 0.369 e. The van der Waals surface area contributed by atoms with E-state index in [2.05, 4.69) is 0 Å². The van der Waals surface area contributed by atoms with E-state index in [0.29, 0.717) is 0 Å². The first kappa shape index (κ1) is 17.0. The molecule has 0 bridgehead atoms. The average Bonchev–Trinajstić information content (AvgIpc) is 2.61. The first-order valence-corrected chi connectivity index (χ1v) is 7.59. The van der Waals surface area contributed by atoms with E-state index in [1.807, 2.05) is 30.3 Å². The number of ether oxygens (including phenoxy) is 3. The lowest BCUT2D eigenvalue weighted by molar-refractivity contribution is -0.232. The summed E-state index contributed by atoms with van der Waals surface area (Å²) in [5.41, 5.74) is 0.332. The SMILES string of the molecule is FC(F)(F)c1ccccc1COC1COC(c2ccccc2)OC1. The molecule has 0 atom stereocenters. The van der Waals surface area contributed by atoms with Crippen LogP contribution in [0.2, 0.25) is 0 Å². The number of rotatable bonds is 4. The third kappa shape index (κ3) is 4.14. The van der Waals surface area contributed by atoms with Crippen LogP contribution in [0.1, 0.15) is 23.0 Å². The second kappa shape index (κ2) is 7.34. The molecule has 3 nitrogen and oxygen atoms in total. The van der Waals surface area contributed by atoms with Gasteiger partial charge in [0, 0.05) is 5.56 Å². The number of benzene rings is 2. The van der Waals surface area contributed by atoms with Crippen LogP contribution >= 0.6 is 0 Å².